The van der Waals surface area contributed by atoms with Crippen LogP contribution in [0.15, 0.2) is 0 Å². The van der Waals surface area contributed by atoms with Crippen molar-refractivity contribution in [3.05, 3.63) is 0 Å². The zero-order chi connectivity index (χ0) is 13.9. The highest BCUT2D eigenvalue weighted by molar-refractivity contribution is 5.90. The molecule has 2 aliphatic rings. The first-order chi connectivity index (χ1) is 9.03. The van der Waals surface area contributed by atoms with E-state index in [0.29, 0.717) is 32.8 Å². The Morgan fingerprint density at radius 2 is 2.00 bits per heavy atom. The zero-order valence-corrected chi connectivity index (χ0v) is 12.9. The van der Waals surface area contributed by atoms with Gasteiger partial charge in [0.05, 0.1) is 18.6 Å². The Labute approximate surface area is 126 Å². The Kier molecular flexibility index (Phi) is 6.23. The first-order valence-corrected chi connectivity index (χ1v) is 6.91. The zero-order valence-electron chi connectivity index (χ0n) is 12.1. The predicted octanol–water partition coefficient (Wildman–Crippen LogP) is -0.229. The molecule has 0 aromatic carbocycles. The topological polar surface area (TPSA) is 70.7 Å². The van der Waals surface area contributed by atoms with Crippen LogP contribution < -0.4 is 10.6 Å². The summed E-state index contributed by atoms with van der Waals surface area (Å²) in [5.41, 5.74) is -0.389. The van der Waals surface area contributed by atoms with Crippen molar-refractivity contribution < 1.29 is 14.3 Å². The van der Waals surface area contributed by atoms with E-state index in [1.165, 1.54) is 0 Å². The number of carbonyl (C=O) groups excluding carboxylic acids is 2. The number of morpholine rings is 1. The molecule has 2 unspecified atom stereocenters. The monoisotopic (exact) mass is 305 g/mol. The first kappa shape index (κ1) is 17.2. The fourth-order valence-electron chi connectivity index (χ4n) is 2.50. The van der Waals surface area contributed by atoms with E-state index in [9.17, 15) is 9.59 Å². The fourth-order valence-corrected chi connectivity index (χ4v) is 2.50. The maximum atomic E-state index is 12.2. The molecule has 20 heavy (non-hydrogen) atoms. The van der Waals surface area contributed by atoms with Crippen LogP contribution in [-0.4, -0.2) is 62.1 Å². The van der Waals surface area contributed by atoms with Crippen LogP contribution in [0.4, 0.5) is 0 Å². The molecule has 2 saturated heterocycles. The smallest absolute Gasteiger partial charge is 0.245 e. The van der Waals surface area contributed by atoms with Gasteiger partial charge in [0.25, 0.3) is 0 Å². The third kappa shape index (κ3) is 3.84. The average Bonchev–Trinajstić information content (AvgIpc) is 2.87. The minimum Gasteiger partial charge on any atom is -0.378 e. The van der Waals surface area contributed by atoms with E-state index in [0.717, 1.165) is 13.0 Å². The summed E-state index contributed by atoms with van der Waals surface area (Å²) < 4.78 is 5.22. The van der Waals surface area contributed by atoms with Gasteiger partial charge >= 0.3 is 0 Å². The molecule has 2 amide bonds. The van der Waals surface area contributed by atoms with Gasteiger partial charge in [0, 0.05) is 19.6 Å². The SMILES string of the molecule is CC(NC(=O)C1(C)CCNC1)C(=O)N1CCOCC1.Cl. The molecule has 0 aliphatic carbocycles. The summed E-state index contributed by atoms with van der Waals surface area (Å²) in [6.45, 7) is 7.60. The Hall–Kier alpha value is -0.850. The lowest BCUT2D eigenvalue weighted by Gasteiger charge is -2.31. The maximum Gasteiger partial charge on any atom is 0.245 e. The molecular formula is C13H24ClN3O3. The van der Waals surface area contributed by atoms with Crippen LogP contribution in [0.5, 0.6) is 0 Å². The van der Waals surface area contributed by atoms with Crippen molar-refractivity contribution in [2.45, 2.75) is 26.3 Å². The molecule has 2 aliphatic heterocycles. The summed E-state index contributed by atoms with van der Waals surface area (Å²) in [7, 11) is 0. The van der Waals surface area contributed by atoms with Crippen LogP contribution in [0.2, 0.25) is 0 Å². The van der Waals surface area contributed by atoms with E-state index in [4.69, 9.17) is 4.74 Å². The molecule has 0 bridgehead atoms. The quantitative estimate of drug-likeness (QED) is 0.756. The second kappa shape index (κ2) is 7.24. The van der Waals surface area contributed by atoms with Crippen molar-refractivity contribution in [2.24, 2.45) is 5.41 Å². The Bertz CT molecular complexity index is 353. The highest BCUT2D eigenvalue weighted by atomic mass is 35.5. The normalized spacial score (nSPS) is 27.6. The molecule has 2 heterocycles. The number of halogens is 1. The average molecular weight is 306 g/mol. The Balaban J connectivity index is 0.00000200. The molecular weight excluding hydrogens is 282 g/mol. The van der Waals surface area contributed by atoms with Crippen LogP contribution in [0.1, 0.15) is 20.3 Å². The minimum absolute atomic E-state index is 0. The standard InChI is InChI=1S/C13H23N3O3.ClH/c1-10(11(17)16-5-7-19-8-6-16)15-12(18)13(2)3-4-14-9-13;/h10,14H,3-9H2,1-2H3,(H,15,18);1H. The summed E-state index contributed by atoms with van der Waals surface area (Å²) in [6.07, 6.45) is 0.817. The van der Waals surface area contributed by atoms with E-state index in [1.54, 1.807) is 11.8 Å². The highest BCUT2D eigenvalue weighted by Crippen LogP contribution is 2.24. The molecule has 0 saturated carbocycles. The molecule has 116 valence electrons. The summed E-state index contributed by atoms with van der Waals surface area (Å²) in [6, 6.07) is -0.469. The number of hydrogen-bond donors (Lipinski definition) is 2. The van der Waals surface area contributed by atoms with Gasteiger partial charge in [-0.25, -0.2) is 0 Å². The molecule has 0 aromatic heterocycles. The molecule has 2 atom stereocenters. The van der Waals surface area contributed by atoms with Crippen molar-refractivity contribution >= 4 is 24.2 Å². The van der Waals surface area contributed by atoms with E-state index >= 15 is 0 Å². The number of amides is 2. The fraction of sp³-hybridized carbons (Fsp3) is 0.846. The number of nitrogens with zero attached hydrogens (tertiary/aromatic N) is 1. The second-order valence-electron chi connectivity index (χ2n) is 5.62. The van der Waals surface area contributed by atoms with E-state index in [-0.39, 0.29) is 29.6 Å². The van der Waals surface area contributed by atoms with Gasteiger partial charge in [0.2, 0.25) is 11.8 Å². The molecule has 6 nitrogen and oxygen atoms in total. The lowest BCUT2D eigenvalue weighted by molar-refractivity contribution is -0.141. The first-order valence-electron chi connectivity index (χ1n) is 6.91. The van der Waals surface area contributed by atoms with Crippen LogP contribution in [0.3, 0.4) is 0 Å². The number of ether oxygens (including phenoxy) is 1. The molecule has 2 N–H and O–H groups in total. The van der Waals surface area contributed by atoms with Gasteiger partial charge < -0.3 is 20.3 Å². The van der Waals surface area contributed by atoms with Crippen molar-refractivity contribution in [1.29, 1.82) is 0 Å². The van der Waals surface area contributed by atoms with Gasteiger partial charge in [0.15, 0.2) is 0 Å². The lowest BCUT2D eigenvalue weighted by atomic mass is 9.88. The van der Waals surface area contributed by atoms with Crippen LogP contribution in [0, 0.1) is 5.41 Å². The molecule has 0 aromatic rings. The van der Waals surface area contributed by atoms with Gasteiger partial charge in [-0.3, -0.25) is 9.59 Å². The van der Waals surface area contributed by atoms with Crippen LogP contribution in [0.25, 0.3) is 0 Å². The van der Waals surface area contributed by atoms with E-state index < -0.39 is 6.04 Å². The minimum atomic E-state index is -0.469. The van der Waals surface area contributed by atoms with Gasteiger partial charge in [-0.05, 0) is 26.8 Å². The largest absolute Gasteiger partial charge is 0.378 e. The van der Waals surface area contributed by atoms with Crippen molar-refractivity contribution in [1.82, 2.24) is 15.5 Å². The van der Waals surface area contributed by atoms with Crippen molar-refractivity contribution in [3.63, 3.8) is 0 Å². The molecule has 2 fully saturated rings. The number of carbonyl (C=O) groups is 2. The third-order valence-electron chi connectivity index (χ3n) is 3.96. The number of hydrogen-bond acceptors (Lipinski definition) is 4. The summed E-state index contributed by atoms with van der Waals surface area (Å²) in [4.78, 5) is 26.2. The van der Waals surface area contributed by atoms with Crippen molar-refractivity contribution in [2.75, 3.05) is 39.4 Å². The van der Waals surface area contributed by atoms with Gasteiger partial charge in [-0.1, -0.05) is 0 Å². The molecule has 0 radical (unpaired) electrons. The van der Waals surface area contributed by atoms with Gasteiger partial charge in [-0.15, -0.1) is 12.4 Å². The highest BCUT2D eigenvalue weighted by Gasteiger charge is 2.37. The predicted molar refractivity (Wildman–Crippen MR) is 77.8 cm³/mol. The lowest BCUT2D eigenvalue weighted by Crippen LogP contribution is -2.53. The van der Waals surface area contributed by atoms with Gasteiger partial charge in [0.1, 0.15) is 6.04 Å². The van der Waals surface area contributed by atoms with Crippen molar-refractivity contribution in [3.8, 4) is 0 Å². The second-order valence-corrected chi connectivity index (χ2v) is 5.62. The Morgan fingerprint density at radius 1 is 1.35 bits per heavy atom. The third-order valence-corrected chi connectivity index (χ3v) is 3.96. The van der Waals surface area contributed by atoms with E-state index in [1.807, 2.05) is 6.92 Å². The Morgan fingerprint density at radius 3 is 2.55 bits per heavy atom. The van der Waals surface area contributed by atoms with E-state index in [2.05, 4.69) is 10.6 Å². The number of nitrogens with one attached hydrogen (secondary N) is 2. The number of rotatable bonds is 3. The summed E-state index contributed by atoms with van der Waals surface area (Å²) in [5, 5.41) is 6.04. The molecule has 7 heteroatoms. The summed E-state index contributed by atoms with van der Waals surface area (Å²) >= 11 is 0. The molecule has 0 spiro atoms. The van der Waals surface area contributed by atoms with Gasteiger partial charge in [-0.2, -0.15) is 0 Å². The summed E-state index contributed by atoms with van der Waals surface area (Å²) in [5.74, 6) is -0.0576. The molecule has 2 rings (SSSR count). The maximum absolute atomic E-state index is 12.2. The van der Waals surface area contributed by atoms with Crippen LogP contribution >= 0.6 is 12.4 Å². The van der Waals surface area contributed by atoms with Crippen LogP contribution in [-0.2, 0) is 14.3 Å².